The van der Waals surface area contributed by atoms with Crippen molar-refractivity contribution in [1.29, 1.82) is 0 Å². The van der Waals surface area contributed by atoms with Gasteiger partial charge in [0.25, 0.3) is 0 Å². The summed E-state index contributed by atoms with van der Waals surface area (Å²) in [5, 5.41) is 2.48. The number of ether oxygens (including phenoxy) is 3. The van der Waals surface area contributed by atoms with E-state index in [0.29, 0.717) is 0 Å². The van der Waals surface area contributed by atoms with Crippen LogP contribution in [0.15, 0.2) is 30.3 Å². The smallest absolute Gasteiger partial charge is 0.408 e. The maximum absolute atomic E-state index is 12.4. The summed E-state index contributed by atoms with van der Waals surface area (Å²) < 4.78 is 15.7. The molecule has 0 spiro atoms. The van der Waals surface area contributed by atoms with Gasteiger partial charge in [0.15, 0.2) is 0 Å². The molecule has 0 radical (unpaired) electrons. The first-order chi connectivity index (χ1) is 12.9. The molecule has 0 fully saturated rings. The van der Waals surface area contributed by atoms with Crippen molar-refractivity contribution in [3.05, 3.63) is 35.9 Å². The Hall–Kier alpha value is -2.57. The maximum Gasteiger partial charge on any atom is 0.408 e. The van der Waals surface area contributed by atoms with E-state index in [4.69, 9.17) is 14.2 Å². The molecule has 7 heteroatoms. The van der Waals surface area contributed by atoms with Crippen LogP contribution in [0, 0.1) is 0 Å². The Morgan fingerprint density at radius 2 is 1.50 bits per heavy atom. The Kier molecular flexibility index (Phi) is 8.47. The number of carbonyl (C=O) groups excluding carboxylic acids is 3. The van der Waals surface area contributed by atoms with Crippen LogP contribution in [0.4, 0.5) is 4.79 Å². The third kappa shape index (κ3) is 10.5. The number of hydrogen-bond donors (Lipinski definition) is 1. The van der Waals surface area contributed by atoms with Gasteiger partial charge in [0, 0.05) is 6.42 Å². The highest BCUT2D eigenvalue weighted by atomic mass is 16.6. The number of alkyl carbamates (subject to hydrolysis) is 1. The van der Waals surface area contributed by atoms with Gasteiger partial charge in [-0.25, -0.2) is 9.59 Å². The van der Waals surface area contributed by atoms with Gasteiger partial charge in [-0.2, -0.15) is 0 Å². The van der Waals surface area contributed by atoms with E-state index in [1.54, 1.807) is 41.5 Å². The Morgan fingerprint density at radius 1 is 0.929 bits per heavy atom. The third-order valence-corrected chi connectivity index (χ3v) is 3.26. The van der Waals surface area contributed by atoms with Gasteiger partial charge >= 0.3 is 18.0 Å². The lowest BCUT2D eigenvalue weighted by atomic mass is 10.1. The highest BCUT2D eigenvalue weighted by Crippen LogP contribution is 2.13. The molecule has 1 unspecified atom stereocenters. The van der Waals surface area contributed by atoms with E-state index in [9.17, 15) is 14.4 Å². The fraction of sp³-hybridized carbons (Fsp3) is 0.571. The monoisotopic (exact) mass is 393 g/mol. The highest BCUT2D eigenvalue weighted by Gasteiger charge is 2.29. The van der Waals surface area contributed by atoms with Crippen LogP contribution in [0.3, 0.4) is 0 Å². The first-order valence-electron chi connectivity index (χ1n) is 9.28. The van der Waals surface area contributed by atoms with Crippen LogP contribution in [0.5, 0.6) is 0 Å². The van der Waals surface area contributed by atoms with Crippen LogP contribution in [0.25, 0.3) is 0 Å². The van der Waals surface area contributed by atoms with Crippen LogP contribution in [0.2, 0.25) is 0 Å². The van der Waals surface area contributed by atoms with E-state index in [-0.39, 0.29) is 19.4 Å². The second-order valence-electron chi connectivity index (χ2n) is 8.42. The standard InChI is InChI=1S/C21H31NO6/c1-20(2,3)27-18(24)16(22-19(25)28-21(4,5)6)12-13-17(23)26-14-15-10-8-7-9-11-15/h7-11,16H,12-14H2,1-6H3,(H,22,25). The van der Waals surface area contributed by atoms with E-state index in [1.165, 1.54) is 0 Å². The van der Waals surface area contributed by atoms with Crippen LogP contribution < -0.4 is 5.32 Å². The Morgan fingerprint density at radius 3 is 2.04 bits per heavy atom. The molecule has 1 aromatic carbocycles. The van der Waals surface area contributed by atoms with Crippen molar-refractivity contribution >= 4 is 18.0 Å². The number of rotatable bonds is 7. The van der Waals surface area contributed by atoms with E-state index in [1.807, 2.05) is 30.3 Å². The molecule has 0 aliphatic rings. The van der Waals surface area contributed by atoms with Crippen molar-refractivity contribution in [1.82, 2.24) is 5.32 Å². The van der Waals surface area contributed by atoms with Crippen molar-refractivity contribution in [2.45, 2.75) is 78.2 Å². The molecule has 0 bridgehead atoms. The maximum atomic E-state index is 12.4. The molecule has 0 saturated carbocycles. The molecule has 1 aromatic rings. The highest BCUT2D eigenvalue weighted by molar-refractivity contribution is 5.82. The summed E-state index contributed by atoms with van der Waals surface area (Å²) in [4.78, 5) is 36.5. The summed E-state index contributed by atoms with van der Waals surface area (Å²) in [6.45, 7) is 10.5. The van der Waals surface area contributed by atoms with Crippen molar-refractivity contribution < 1.29 is 28.6 Å². The zero-order valence-electron chi connectivity index (χ0n) is 17.5. The third-order valence-electron chi connectivity index (χ3n) is 3.26. The number of nitrogens with one attached hydrogen (secondary N) is 1. The first kappa shape index (κ1) is 23.5. The Bertz CT molecular complexity index is 658. The van der Waals surface area contributed by atoms with Crippen LogP contribution in [0.1, 0.15) is 59.9 Å². The molecule has 0 saturated heterocycles. The number of hydrogen-bond acceptors (Lipinski definition) is 6. The number of benzene rings is 1. The van der Waals surface area contributed by atoms with Gasteiger partial charge in [-0.05, 0) is 53.5 Å². The zero-order chi connectivity index (χ0) is 21.4. The van der Waals surface area contributed by atoms with Gasteiger partial charge in [0.2, 0.25) is 0 Å². The Balaban J connectivity index is 2.63. The fourth-order valence-corrected chi connectivity index (χ4v) is 2.14. The molecule has 1 rings (SSSR count). The minimum absolute atomic E-state index is 0.0434. The second kappa shape index (κ2) is 10.1. The Labute approximate surface area is 166 Å². The summed E-state index contributed by atoms with van der Waals surface area (Å²) >= 11 is 0. The van der Waals surface area contributed by atoms with Gasteiger partial charge < -0.3 is 19.5 Å². The number of carbonyl (C=O) groups is 3. The van der Waals surface area contributed by atoms with Crippen molar-refractivity contribution in [2.24, 2.45) is 0 Å². The molecular weight excluding hydrogens is 362 g/mol. The summed E-state index contributed by atoms with van der Waals surface area (Å²) in [5.41, 5.74) is -0.568. The average molecular weight is 393 g/mol. The van der Waals surface area contributed by atoms with E-state index in [0.717, 1.165) is 5.56 Å². The predicted octanol–water partition coefficient (Wildman–Crippen LogP) is 3.75. The molecule has 0 aliphatic heterocycles. The summed E-state index contributed by atoms with van der Waals surface area (Å²) in [6.07, 6.45) is -0.755. The summed E-state index contributed by atoms with van der Waals surface area (Å²) in [6, 6.07) is 8.26. The second-order valence-corrected chi connectivity index (χ2v) is 8.42. The predicted molar refractivity (Wildman–Crippen MR) is 104 cm³/mol. The molecule has 1 atom stereocenters. The minimum atomic E-state index is -1.02. The normalized spacial score (nSPS) is 12.6. The molecule has 0 aromatic heterocycles. The van der Waals surface area contributed by atoms with Crippen molar-refractivity contribution in [3.63, 3.8) is 0 Å². The fourth-order valence-electron chi connectivity index (χ4n) is 2.14. The first-order valence-corrected chi connectivity index (χ1v) is 9.28. The van der Waals surface area contributed by atoms with E-state index in [2.05, 4.69) is 5.32 Å². The minimum Gasteiger partial charge on any atom is -0.461 e. The van der Waals surface area contributed by atoms with Crippen LogP contribution in [-0.2, 0) is 30.4 Å². The average Bonchev–Trinajstić information content (AvgIpc) is 2.54. The lowest BCUT2D eigenvalue weighted by Gasteiger charge is -2.26. The molecule has 0 aliphatic carbocycles. The van der Waals surface area contributed by atoms with Gasteiger partial charge in [0.05, 0.1) is 0 Å². The molecule has 7 nitrogen and oxygen atoms in total. The molecule has 1 N–H and O–H groups in total. The molecule has 156 valence electrons. The SMILES string of the molecule is CC(C)(C)OC(=O)NC(CCC(=O)OCc1ccccc1)C(=O)OC(C)(C)C. The lowest BCUT2D eigenvalue weighted by molar-refractivity contribution is -0.158. The van der Waals surface area contributed by atoms with E-state index < -0.39 is 35.3 Å². The molecule has 0 heterocycles. The quantitative estimate of drug-likeness (QED) is 0.560. The van der Waals surface area contributed by atoms with Gasteiger partial charge in [-0.3, -0.25) is 4.79 Å². The van der Waals surface area contributed by atoms with Crippen LogP contribution in [-0.4, -0.2) is 35.3 Å². The van der Waals surface area contributed by atoms with Crippen LogP contribution >= 0.6 is 0 Å². The topological polar surface area (TPSA) is 90.9 Å². The number of amides is 1. The summed E-state index contributed by atoms with van der Waals surface area (Å²) in [7, 11) is 0. The van der Waals surface area contributed by atoms with Crippen molar-refractivity contribution in [2.75, 3.05) is 0 Å². The molecular formula is C21H31NO6. The van der Waals surface area contributed by atoms with Gasteiger partial charge in [-0.1, -0.05) is 30.3 Å². The summed E-state index contributed by atoms with van der Waals surface area (Å²) in [5.74, 6) is -1.10. The largest absolute Gasteiger partial charge is 0.461 e. The van der Waals surface area contributed by atoms with Gasteiger partial charge in [-0.15, -0.1) is 0 Å². The van der Waals surface area contributed by atoms with Crippen molar-refractivity contribution in [3.8, 4) is 0 Å². The molecule has 1 amide bonds. The van der Waals surface area contributed by atoms with E-state index >= 15 is 0 Å². The molecule has 28 heavy (non-hydrogen) atoms. The zero-order valence-corrected chi connectivity index (χ0v) is 17.5. The number of esters is 2. The lowest BCUT2D eigenvalue weighted by Crippen LogP contribution is -2.46. The van der Waals surface area contributed by atoms with Gasteiger partial charge in [0.1, 0.15) is 23.9 Å².